The van der Waals surface area contributed by atoms with Crippen molar-refractivity contribution in [2.24, 2.45) is 0 Å². The van der Waals surface area contributed by atoms with Gasteiger partial charge < -0.3 is 33.8 Å². The fourth-order valence-electron chi connectivity index (χ4n) is 11.8. The first-order valence-corrected chi connectivity index (χ1v) is 42.8. The number of unbranched alkanes of at least 4 members (excludes halogenated alkanes) is 51. The molecule has 0 radical (unpaired) electrons. The van der Waals surface area contributed by atoms with Gasteiger partial charge >= 0.3 is 39.5 Å². The highest BCUT2D eigenvalue weighted by Crippen LogP contribution is 2.45. The van der Waals surface area contributed by atoms with Crippen LogP contribution in [0.4, 0.5) is 0 Å². The number of esters is 4. The first kappa shape index (κ1) is 93.1. The van der Waals surface area contributed by atoms with Gasteiger partial charge in [0.15, 0.2) is 12.2 Å². The van der Waals surface area contributed by atoms with Crippen molar-refractivity contribution in [3.63, 3.8) is 0 Å². The lowest BCUT2D eigenvalue weighted by Crippen LogP contribution is -2.30. The van der Waals surface area contributed by atoms with Crippen molar-refractivity contribution < 1.29 is 80.2 Å². The van der Waals surface area contributed by atoms with E-state index in [4.69, 9.17) is 37.0 Å². The molecule has 2 unspecified atom stereocenters. The number of carbonyl (C=O) groups excluding carboxylic acids is 4. The zero-order valence-corrected chi connectivity index (χ0v) is 63.4. The maximum atomic E-state index is 13.1. The predicted molar refractivity (Wildman–Crippen MR) is 386 cm³/mol. The quantitative estimate of drug-likeness (QED) is 0.0222. The van der Waals surface area contributed by atoms with Gasteiger partial charge in [-0.25, -0.2) is 9.13 Å². The molecule has 0 aromatic heterocycles. The van der Waals surface area contributed by atoms with Gasteiger partial charge in [0.05, 0.1) is 26.4 Å². The van der Waals surface area contributed by atoms with Crippen molar-refractivity contribution in [3.05, 3.63) is 0 Å². The van der Waals surface area contributed by atoms with Gasteiger partial charge in [0.25, 0.3) is 0 Å². The number of phosphoric ester groups is 2. The second-order valence-corrected chi connectivity index (χ2v) is 30.3. The molecule has 0 fully saturated rings. The van der Waals surface area contributed by atoms with E-state index in [0.29, 0.717) is 25.7 Å². The van der Waals surface area contributed by atoms with Crippen LogP contribution in [0.1, 0.15) is 407 Å². The lowest BCUT2D eigenvalue weighted by atomic mass is 10.0. The molecule has 19 heteroatoms. The molecule has 3 N–H and O–H groups in total. The minimum Gasteiger partial charge on any atom is -0.462 e. The Hall–Kier alpha value is -1.94. The number of rotatable bonds is 77. The summed E-state index contributed by atoms with van der Waals surface area (Å²) >= 11 is 0. The van der Waals surface area contributed by atoms with Gasteiger partial charge in [0, 0.05) is 25.7 Å². The molecule has 0 bridgehead atoms. The second-order valence-electron chi connectivity index (χ2n) is 27.4. The lowest BCUT2D eigenvalue weighted by molar-refractivity contribution is -0.161. The van der Waals surface area contributed by atoms with Crippen molar-refractivity contribution in [2.45, 2.75) is 425 Å². The van der Waals surface area contributed by atoms with Gasteiger partial charge in [-0.15, -0.1) is 0 Å². The second kappa shape index (κ2) is 70.5. The van der Waals surface area contributed by atoms with E-state index in [1.807, 2.05) is 0 Å². The average molecular weight is 1400 g/mol. The fraction of sp³-hybridized carbons (Fsp3) is 0.947. The SMILES string of the molecule is CCCCCCCCCCCCCCCCCCCCC(=O)O[C@H](COC(=O)CCCCCCCCCCCCCCCCCC)COP(=O)(O)OC[C@@H](O)COP(=O)(O)OC[C@@H](COC(=O)CCCCCCCCCC)OC(=O)CCCCCCCCCCCCCCC. The maximum absolute atomic E-state index is 13.1. The highest BCUT2D eigenvalue weighted by molar-refractivity contribution is 7.47. The third-order valence-electron chi connectivity index (χ3n) is 17.9. The van der Waals surface area contributed by atoms with Crippen LogP contribution in [0.3, 0.4) is 0 Å². The first-order chi connectivity index (χ1) is 46.2. The molecule has 0 aromatic carbocycles. The molecule has 0 spiro atoms. The van der Waals surface area contributed by atoms with Gasteiger partial charge in [-0.1, -0.05) is 355 Å². The van der Waals surface area contributed by atoms with Gasteiger partial charge in [-0.05, 0) is 25.7 Å². The molecule has 0 heterocycles. The average Bonchev–Trinajstić information content (AvgIpc) is 2.80. The summed E-state index contributed by atoms with van der Waals surface area (Å²) in [5.74, 6) is -2.11. The Kier molecular flexibility index (Phi) is 69.1. The van der Waals surface area contributed by atoms with Crippen molar-refractivity contribution in [3.8, 4) is 0 Å². The lowest BCUT2D eigenvalue weighted by Gasteiger charge is -2.21. The molecule has 17 nitrogen and oxygen atoms in total. The van der Waals surface area contributed by atoms with E-state index < -0.39 is 97.5 Å². The molecule has 0 rings (SSSR count). The third kappa shape index (κ3) is 70.3. The molecule has 0 aliphatic heterocycles. The summed E-state index contributed by atoms with van der Waals surface area (Å²) in [5, 5.41) is 10.6. The van der Waals surface area contributed by atoms with Gasteiger partial charge in [-0.2, -0.15) is 0 Å². The number of hydrogen-bond acceptors (Lipinski definition) is 15. The molecule has 0 saturated carbocycles. The molecule has 0 amide bonds. The largest absolute Gasteiger partial charge is 0.472 e. The topological polar surface area (TPSA) is 237 Å². The minimum absolute atomic E-state index is 0.108. The monoisotopic (exact) mass is 1400 g/mol. The van der Waals surface area contributed by atoms with Crippen LogP contribution in [0.25, 0.3) is 0 Å². The van der Waals surface area contributed by atoms with Gasteiger partial charge in [-0.3, -0.25) is 37.3 Å². The highest BCUT2D eigenvalue weighted by Gasteiger charge is 2.30. The van der Waals surface area contributed by atoms with E-state index >= 15 is 0 Å². The highest BCUT2D eigenvalue weighted by atomic mass is 31.2. The molecule has 0 aliphatic carbocycles. The molecule has 0 saturated heterocycles. The van der Waals surface area contributed by atoms with E-state index in [2.05, 4.69) is 27.7 Å². The molecule has 5 atom stereocenters. The van der Waals surface area contributed by atoms with Crippen molar-refractivity contribution >= 4 is 39.5 Å². The zero-order chi connectivity index (χ0) is 69.7. The molecule has 0 aromatic rings. The van der Waals surface area contributed by atoms with Crippen LogP contribution in [-0.2, 0) is 65.4 Å². The number of ether oxygens (including phenoxy) is 4. The molecule has 95 heavy (non-hydrogen) atoms. The van der Waals surface area contributed by atoms with Crippen molar-refractivity contribution in [2.75, 3.05) is 39.6 Å². The third-order valence-corrected chi connectivity index (χ3v) is 19.8. The Morgan fingerprint density at radius 1 is 0.253 bits per heavy atom. The summed E-state index contributed by atoms with van der Waals surface area (Å²) in [5.41, 5.74) is 0. The Bertz CT molecular complexity index is 1810. The van der Waals surface area contributed by atoms with E-state index in [0.717, 1.165) is 89.9 Å². The first-order valence-electron chi connectivity index (χ1n) is 39.8. The maximum Gasteiger partial charge on any atom is 0.472 e. The summed E-state index contributed by atoms with van der Waals surface area (Å²) in [7, 11) is -9.90. The number of aliphatic hydroxyl groups is 1. The van der Waals surface area contributed by atoms with Crippen LogP contribution in [0, 0.1) is 0 Å². The Labute approximate surface area is 581 Å². The predicted octanol–water partition coefficient (Wildman–Crippen LogP) is 22.6. The summed E-state index contributed by atoms with van der Waals surface area (Å²) in [6.45, 7) is 4.97. The Morgan fingerprint density at radius 3 is 0.621 bits per heavy atom. The summed E-state index contributed by atoms with van der Waals surface area (Å²) in [6.07, 6.45) is 61.0. The summed E-state index contributed by atoms with van der Waals surface area (Å²) in [4.78, 5) is 72.7. The van der Waals surface area contributed by atoms with E-state index in [1.54, 1.807) is 0 Å². The minimum atomic E-state index is -4.96. The van der Waals surface area contributed by atoms with Crippen LogP contribution >= 0.6 is 15.6 Å². The van der Waals surface area contributed by atoms with Crippen molar-refractivity contribution in [1.29, 1.82) is 0 Å². The Morgan fingerprint density at radius 2 is 0.421 bits per heavy atom. The smallest absolute Gasteiger partial charge is 0.462 e. The van der Waals surface area contributed by atoms with Gasteiger partial charge in [0.2, 0.25) is 0 Å². The van der Waals surface area contributed by atoms with Crippen LogP contribution in [-0.4, -0.2) is 96.7 Å². The molecule has 0 aliphatic rings. The van der Waals surface area contributed by atoms with Crippen LogP contribution < -0.4 is 0 Å². The zero-order valence-electron chi connectivity index (χ0n) is 61.6. The fourth-order valence-corrected chi connectivity index (χ4v) is 13.3. The molecular weight excluding hydrogens is 1250 g/mol. The molecular formula is C76H148O17P2. The van der Waals surface area contributed by atoms with E-state index in [1.165, 1.54) is 238 Å². The van der Waals surface area contributed by atoms with Crippen molar-refractivity contribution in [1.82, 2.24) is 0 Å². The number of hydrogen-bond donors (Lipinski definition) is 3. The summed E-state index contributed by atoms with van der Waals surface area (Å²) in [6, 6.07) is 0. The van der Waals surface area contributed by atoms with Gasteiger partial charge in [0.1, 0.15) is 19.3 Å². The van der Waals surface area contributed by atoms with Crippen LogP contribution in [0.2, 0.25) is 0 Å². The summed E-state index contributed by atoms with van der Waals surface area (Å²) < 4.78 is 68.5. The molecule has 564 valence electrons. The number of aliphatic hydroxyl groups excluding tert-OH is 1. The van der Waals surface area contributed by atoms with E-state index in [-0.39, 0.29) is 25.7 Å². The number of phosphoric acid groups is 2. The van der Waals surface area contributed by atoms with Crippen LogP contribution in [0.5, 0.6) is 0 Å². The Balaban J connectivity index is 5.20. The standard InChI is InChI=1S/C76H148O17P2/c1-5-9-13-17-21-25-28-31-33-35-36-38-41-44-47-51-55-59-63-76(81)93-72(67-87-74(79)61-57-53-49-45-42-40-37-34-32-29-26-22-18-14-10-6-2)69-91-95(84,85)89-65-70(77)64-88-94(82,83)90-68-71(66-86-73(78)60-56-52-48-24-20-16-12-8-4)92-75(80)62-58-54-50-46-43-39-30-27-23-19-15-11-7-3/h70-72,77H,5-69H2,1-4H3,(H,82,83)(H,84,85)/t70-,71+,72+/m0/s1. The van der Waals surface area contributed by atoms with E-state index in [9.17, 15) is 43.2 Å². The van der Waals surface area contributed by atoms with Crippen LogP contribution in [0.15, 0.2) is 0 Å². The number of carbonyl (C=O) groups is 4. The normalized spacial score (nSPS) is 13.9.